The van der Waals surface area contributed by atoms with Crippen molar-refractivity contribution in [1.29, 1.82) is 0 Å². The van der Waals surface area contributed by atoms with E-state index in [1.54, 1.807) is 30.1 Å². The zero-order chi connectivity index (χ0) is 35.6. The van der Waals surface area contributed by atoms with Crippen LogP contribution in [0.15, 0.2) is 59.9 Å². The van der Waals surface area contributed by atoms with Gasteiger partial charge in [-0.25, -0.2) is 4.98 Å². The third-order valence-corrected chi connectivity index (χ3v) is 9.11. The minimum absolute atomic E-state index is 0.00916. The molecule has 0 saturated carbocycles. The van der Waals surface area contributed by atoms with Crippen LogP contribution >= 0.6 is 0 Å². The number of carboxylic acid groups (broad SMARTS) is 1. The van der Waals surface area contributed by atoms with Crippen molar-refractivity contribution in [2.75, 3.05) is 26.7 Å². The second-order valence-electron chi connectivity index (χ2n) is 13.2. The number of ether oxygens (including phenoxy) is 1. The van der Waals surface area contributed by atoms with Gasteiger partial charge in [0, 0.05) is 63.2 Å². The Labute approximate surface area is 282 Å². The molecule has 4 heterocycles. The fourth-order valence-electron chi connectivity index (χ4n) is 6.59. The number of amides is 1. The van der Waals surface area contributed by atoms with Crippen LogP contribution in [0.2, 0.25) is 0 Å². The van der Waals surface area contributed by atoms with Gasteiger partial charge in [0.2, 0.25) is 5.91 Å². The van der Waals surface area contributed by atoms with Gasteiger partial charge in [0.25, 0.3) is 5.56 Å². The van der Waals surface area contributed by atoms with Crippen molar-refractivity contribution >= 4 is 17.5 Å². The molecule has 2 atom stereocenters. The number of aryl methyl sites for hydroxylation is 2. The van der Waals surface area contributed by atoms with E-state index in [9.17, 15) is 32.7 Å². The summed E-state index contributed by atoms with van der Waals surface area (Å²) in [7, 11) is 1.58. The average Bonchev–Trinajstić information content (AvgIpc) is 3.47. The Balaban J connectivity index is 1.53. The first-order valence-electron chi connectivity index (χ1n) is 16.3. The van der Waals surface area contributed by atoms with Crippen molar-refractivity contribution in [3.8, 4) is 11.1 Å². The molecule has 0 radical (unpaired) electrons. The van der Waals surface area contributed by atoms with Crippen molar-refractivity contribution in [1.82, 2.24) is 24.2 Å². The number of carboxylic acids is 1. The summed E-state index contributed by atoms with van der Waals surface area (Å²) in [5, 5.41) is 12.8. The second-order valence-corrected chi connectivity index (χ2v) is 13.2. The lowest BCUT2D eigenvalue weighted by Crippen LogP contribution is -2.52. The van der Waals surface area contributed by atoms with E-state index >= 15 is 0 Å². The summed E-state index contributed by atoms with van der Waals surface area (Å²) in [6.45, 7) is 9.13. The molecule has 262 valence electrons. The number of rotatable bonds is 13. The van der Waals surface area contributed by atoms with E-state index in [2.05, 4.69) is 10.3 Å². The summed E-state index contributed by atoms with van der Waals surface area (Å²) in [4.78, 5) is 46.1. The lowest BCUT2D eigenvalue weighted by Gasteiger charge is -2.38. The van der Waals surface area contributed by atoms with Crippen LogP contribution in [0.3, 0.4) is 0 Å². The molecule has 2 unspecified atom stereocenters. The zero-order valence-corrected chi connectivity index (χ0v) is 28.3. The predicted molar refractivity (Wildman–Crippen MR) is 178 cm³/mol. The molecule has 5 rings (SSSR count). The minimum atomic E-state index is -4.76. The maximum absolute atomic E-state index is 14.1. The molecule has 1 fully saturated rings. The summed E-state index contributed by atoms with van der Waals surface area (Å²) in [5.74, 6) is -1.96. The number of hydrogen-bond donors (Lipinski definition) is 2. The normalized spacial score (nSPS) is 15.4. The number of aromatic nitrogens is 3. The second kappa shape index (κ2) is 14.6. The molecular weight excluding hydrogens is 639 g/mol. The number of nitrogens with one attached hydrogen (secondary N) is 1. The van der Waals surface area contributed by atoms with Gasteiger partial charge in [-0.15, -0.1) is 0 Å². The molecular formula is C36H42F3N5O5. The quantitative estimate of drug-likeness (QED) is 0.189. The zero-order valence-electron chi connectivity index (χ0n) is 28.3. The number of benzene rings is 1. The largest absolute Gasteiger partial charge is 0.481 e. The average molecular weight is 682 g/mol. The first-order valence-corrected chi connectivity index (χ1v) is 16.3. The maximum atomic E-state index is 14.1. The Morgan fingerprint density at radius 1 is 1.12 bits per heavy atom. The lowest BCUT2D eigenvalue weighted by atomic mass is 9.93. The Kier molecular flexibility index (Phi) is 10.6. The molecule has 10 nitrogen and oxygen atoms in total. The van der Waals surface area contributed by atoms with Crippen LogP contribution in [0.5, 0.6) is 0 Å². The molecule has 0 spiro atoms. The predicted octanol–water partition coefficient (Wildman–Crippen LogP) is 5.59. The van der Waals surface area contributed by atoms with Gasteiger partial charge in [-0.2, -0.15) is 13.2 Å². The number of alkyl halides is 3. The number of fused-ring (bicyclic) bond motifs is 1. The van der Waals surface area contributed by atoms with Gasteiger partial charge in [0.05, 0.1) is 24.1 Å². The third kappa shape index (κ3) is 8.05. The number of hydrogen-bond acceptors (Lipinski definition) is 6. The molecule has 4 aromatic rings. The molecule has 1 saturated heterocycles. The highest BCUT2D eigenvalue weighted by Crippen LogP contribution is 2.35. The summed E-state index contributed by atoms with van der Waals surface area (Å²) in [6.07, 6.45) is 1.15. The van der Waals surface area contributed by atoms with E-state index in [-0.39, 0.29) is 30.4 Å². The first kappa shape index (κ1) is 35.8. The first-order chi connectivity index (χ1) is 23.2. The van der Waals surface area contributed by atoms with Crippen LogP contribution in [-0.2, 0) is 26.9 Å². The SMILES string of the molecule is COC1CN(CCc2cn(C(CC(C)C)C(=O)NC(CC(=O)O)c3cc(-c4c(C)cccc4C)c4nccn4c3)c(=O)cc2C(F)(F)F)C1. The molecule has 1 aliphatic rings. The van der Waals surface area contributed by atoms with Gasteiger partial charge < -0.3 is 24.1 Å². The van der Waals surface area contributed by atoms with E-state index < -0.39 is 47.7 Å². The van der Waals surface area contributed by atoms with E-state index in [1.807, 2.05) is 56.9 Å². The van der Waals surface area contributed by atoms with Crippen LogP contribution < -0.4 is 10.9 Å². The van der Waals surface area contributed by atoms with E-state index in [4.69, 9.17) is 4.74 Å². The Bertz CT molecular complexity index is 1870. The monoisotopic (exact) mass is 681 g/mol. The molecule has 3 aromatic heterocycles. The van der Waals surface area contributed by atoms with Crippen molar-refractivity contribution in [2.24, 2.45) is 5.92 Å². The number of nitrogens with zero attached hydrogens (tertiary/aromatic N) is 4. The molecule has 2 N–H and O–H groups in total. The number of halogens is 3. The maximum Gasteiger partial charge on any atom is 0.416 e. The molecule has 13 heteroatoms. The highest BCUT2D eigenvalue weighted by Gasteiger charge is 2.36. The lowest BCUT2D eigenvalue weighted by molar-refractivity contribution is -0.139. The Morgan fingerprint density at radius 2 is 1.82 bits per heavy atom. The van der Waals surface area contributed by atoms with Gasteiger partial charge in [0.1, 0.15) is 11.7 Å². The highest BCUT2D eigenvalue weighted by molar-refractivity contribution is 5.84. The highest BCUT2D eigenvalue weighted by atomic mass is 19.4. The number of likely N-dealkylation sites (tertiary alicyclic amines) is 1. The smallest absolute Gasteiger partial charge is 0.416 e. The molecule has 49 heavy (non-hydrogen) atoms. The van der Waals surface area contributed by atoms with E-state index in [1.165, 1.54) is 0 Å². The standard InChI is InChI=1S/C36H42F3N5O5/c1-21(2)13-30(44-18-24(9-11-42-19-26(20-42)49-5)28(15-31(44)45)36(37,38)39)35(48)41-29(16-32(46)47)25-14-27(34-40-10-12-43(34)17-25)33-22(3)7-6-8-23(33)4/h6-8,10,12,14-15,17-18,21,26,29-30H,9,11,13,16,19-20H2,1-5H3,(H,41,48)(H,46,47). The van der Waals surface area contributed by atoms with Crippen LogP contribution in [0.4, 0.5) is 13.2 Å². The van der Waals surface area contributed by atoms with Crippen molar-refractivity contribution in [3.63, 3.8) is 0 Å². The van der Waals surface area contributed by atoms with Gasteiger partial charge in [-0.05, 0) is 66.5 Å². The number of carbonyl (C=O) groups is 2. The van der Waals surface area contributed by atoms with Gasteiger partial charge in [0.15, 0.2) is 0 Å². The van der Waals surface area contributed by atoms with Crippen LogP contribution in [0.1, 0.15) is 66.6 Å². The minimum Gasteiger partial charge on any atom is -0.481 e. The van der Waals surface area contributed by atoms with Gasteiger partial charge in [-0.1, -0.05) is 32.0 Å². The third-order valence-electron chi connectivity index (χ3n) is 9.11. The molecule has 1 aliphatic heterocycles. The number of pyridine rings is 2. The van der Waals surface area contributed by atoms with Gasteiger partial charge >= 0.3 is 12.1 Å². The molecule has 1 amide bonds. The summed E-state index contributed by atoms with van der Waals surface area (Å²) in [5.41, 5.74) is 2.71. The number of carbonyl (C=O) groups excluding carboxylic acids is 1. The van der Waals surface area contributed by atoms with Crippen molar-refractivity contribution in [2.45, 2.75) is 71.3 Å². The van der Waals surface area contributed by atoms with Gasteiger partial charge in [-0.3, -0.25) is 19.3 Å². The van der Waals surface area contributed by atoms with Crippen LogP contribution in [0, 0.1) is 19.8 Å². The van der Waals surface area contributed by atoms with Crippen LogP contribution in [-0.4, -0.2) is 68.7 Å². The summed E-state index contributed by atoms with van der Waals surface area (Å²) >= 11 is 0. The Morgan fingerprint density at radius 3 is 2.43 bits per heavy atom. The summed E-state index contributed by atoms with van der Waals surface area (Å²) in [6, 6.07) is 6.03. The number of methoxy groups -OCH3 is 1. The number of imidazole rings is 1. The molecule has 0 bridgehead atoms. The number of aliphatic carboxylic acids is 1. The molecule has 0 aliphatic carbocycles. The molecule has 1 aromatic carbocycles. The fraction of sp³-hybridized carbons (Fsp3) is 0.444. The fourth-order valence-corrected chi connectivity index (χ4v) is 6.59. The topological polar surface area (TPSA) is 118 Å². The van der Waals surface area contributed by atoms with Crippen LogP contribution in [0.25, 0.3) is 16.8 Å². The van der Waals surface area contributed by atoms with Crippen molar-refractivity contribution < 1.29 is 32.6 Å². The Hall–Kier alpha value is -4.49. The van der Waals surface area contributed by atoms with E-state index in [0.29, 0.717) is 36.9 Å². The van der Waals surface area contributed by atoms with Crippen molar-refractivity contribution in [3.05, 3.63) is 93.3 Å². The van der Waals surface area contributed by atoms with E-state index in [0.717, 1.165) is 33.0 Å². The summed E-state index contributed by atoms with van der Waals surface area (Å²) < 4.78 is 50.4.